The number of nitrogens with one attached hydrogen (secondary N) is 1. The zero-order valence-electron chi connectivity index (χ0n) is 10.5. The molecular weight excluding hydrogens is 253 g/mol. The second-order valence-electron chi connectivity index (χ2n) is 3.78. The third-order valence-corrected chi connectivity index (χ3v) is 2.22. The smallest absolute Gasteiger partial charge is 0.250 e. The lowest BCUT2D eigenvalue weighted by molar-refractivity contribution is -0.120. The molecular formula is C12H16FN3O3. The van der Waals surface area contributed by atoms with E-state index in [1.807, 2.05) is 6.92 Å². The molecule has 0 aliphatic rings. The lowest BCUT2D eigenvalue weighted by Gasteiger charge is -2.08. The Balaban J connectivity index is 2.72. The highest BCUT2D eigenvalue weighted by Gasteiger charge is 2.10. The molecule has 0 bridgehead atoms. The van der Waals surface area contributed by atoms with Crippen LogP contribution in [0.4, 0.5) is 10.1 Å². The second-order valence-corrected chi connectivity index (χ2v) is 3.78. The van der Waals surface area contributed by atoms with Crippen molar-refractivity contribution in [2.75, 3.05) is 18.5 Å². The number of anilines is 1. The molecule has 0 fully saturated rings. The Morgan fingerprint density at radius 3 is 2.95 bits per heavy atom. The molecule has 6 nitrogen and oxygen atoms in total. The molecule has 0 aliphatic carbocycles. The van der Waals surface area contributed by atoms with Crippen molar-refractivity contribution in [2.24, 2.45) is 10.9 Å². The average molecular weight is 269 g/mol. The van der Waals surface area contributed by atoms with E-state index in [1.54, 1.807) is 0 Å². The Morgan fingerprint density at radius 2 is 2.32 bits per heavy atom. The third kappa shape index (κ3) is 4.55. The Labute approximate surface area is 110 Å². The number of nitrogens with zero attached hydrogens (tertiary/aromatic N) is 1. The summed E-state index contributed by atoms with van der Waals surface area (Å²) in [5.41, 5.74) is 5.57. The summed E-state index contributed by atoms with van der Waals surface area (Å²) in [7, 11) is 0. The predicted octanol–water partition coefficient (Wildman–Crippen LogP) is 1.29. The summed E-state index contributed by atoms with van der Waals surface area (Å²) in [5.74, 6) is -1.36. The van der Waals surface area contributed by atoms with E-state index in [0.29, 0.717) is 12.3 Å². The number of amidine groups is 1. The van der Waals surface area contributed by atoms with Gasteiger partial charge in [0, 0.05) is 12.3 Å². The van der Waals surface area contributed by atoms with Crippen LogP contribution in [-0.2, 0) is 9.53 Å². The van der Waals surface area contributed by atoms with Crippen LogP contribution in [0.2, 0.25) is 0 Å². The molecule has 19 heavy (non-hydrogen) atoms. The molecule has 4 N–H and O–H groups in total. The quantitative estimate of drug-likeness (QED) is 0.238. The topological polar surface area (TPSA) is 96.9 Å². The first-order chi connectivity index (χ1) is 9.08. The van der Waals surface area contributed by atoms with Crippen LogP contribution in [0.15, 0.2) is 23.4 Å². The first-order valence-electron chi connectivity index (χ1n) is 5.73. The molecule has 0 saturated carbocycles. The summed E-state index contributed by atoms with van der Waals surface area (Å²) in [6.07, 6.45) is 0.817. The number of carbonyl (C=O) groups is 1. The molecule has 1 amide bonds. The molecule has 0 spiro atoms. The Morgan fingerprint density at radius 1 is 1.58 bits per heavy atom. The Kier molecular flexibility index (Phi) is 5.74. The molecule has 0 unspecified atom stereocenters. The van der Waals surface area contributed by atoms with Gasteiger partial charge < -0.3 is 21.0 Å². The number of amides is 1. The second kappa shape index (κ2) is 7.32. The Bertz CT molecular complexity index is 477. The molecule has 0 aliphatic heterocycles. The van der Waals surface area contributed by atoms with E-state index in [9.17, 15) is 9.18 Å². The number of benzene rings is 1. The molecule has 1 aromatic carbocycles. The highest BCUT2D eigenvalue weighted by molar-refractivity contribution is 5.99. The molecule has 1 aromatic rings. The molecule has 104 valence electrons. The summed E-state index contributed by atoms with van der Waals surface area (Å²) in [5, 5.41) is 13.8. The first-order valence-corrected chi connectivity index (χ1v) is 5.73. The maximum atomic E-state index is 13.4. The van der Waals surface area contributed by atoms with Gasteiger partial charge in [-0.25, -0.2) is 4.39 Å². The highest BCUT2D eigenvalue weighted by atomic mass is 19.1. The van der Waals surface area contributed by atoms with Gasteiger partial charge in [-0.3, -0.25) is 4.79 Å². The van der Waals surface area contributed by atoms with Crippen LogP contribution in [0.3, 0.4) is 0 Å². The van der Waals surface area contributed by atoms with Crippen molar-refractivity contribution in [3.8, 4) is 0 Å². The van der Waals surface area contributed by atoms with E-state index in [4.69, 9.17) is 15.7 Å². The largest absolute Gasteiger partial charge is 0.409 e. The average Bonchev–Trinajstić information content (AvgIpc) is 2.40. The maximum Gasteiger partial charge on any atom is 0.250 e. The van der Waals surface area contributed by atoms with Crippen LogP contribution in [0.25, 0.3) is 0 Å². The van der Waals surface area contributed by atoms with Gasteiger partial charge in [-0.15, -0.1) is 0 Å². The Hall–Kier alpha value is -2.15. The lowest BCUT2D eigenvalue weighted by atomic mass is 10.1. The van der Waals surface area contributed by atoms with Gasteiger partial charge in [0.25, 0.3) is 0 Å². The minimum atomic E-state index is -0.643. The number of nitrogens with two attached hydrogens (primary N) is 1. The normalized spacial score (nSPS) is 11.4. The highest BCUT2D eigenvalue weighted by Crippen LogP contribution is 2.14. The van der Waals surface area contributed by atoms with Crippen LogP contribution in [0.1, 0.15) is 18.9 Å². The number of rotatable bonds is 6. The fourth-order valence-corrected chi connectivity index (χ4v) is 1.36. The number of hydrogen-bond donors (Lipinski definition) is 3. The van der Waals surface area contributed by atoms with E-state index in [2.05, 4.69) is 10.5 Å². The molecule has 0 atom stereocenters. The minimum Gasteiger partial charge on any atom is -0.409 e. The van der Waals surface area contributed by atoms with E-state index >= 15 is 0 Å². The summed E-state index contributed by atoms with van der Waals surface area (Å²) < 4.78 is 18.4. The number of oxime groups is 1. The van der Waals surface area contributed by atoms with Crippen LogP contribution >= 0.6 is 0 Å². The van der Waals surface area contributed by atoms with Crippen LogP contribution in [0, 0.1) is 5.82 Å². The summed E-state index contributed by atoms with van der Waals surface area (Å²) in [6.45, 7) is 2.34. The van der Waals surface area contributed by atoms with E-state index < -0.39 is 5.82 Å². The van der Waals surface area contributed by atoms with Gasteiger partial charge in [0.05, 0.1) is 5.56 Å². The first kappa shape index (κ1) is 14.9. The minimum absolute atomic E-state index is 0.0792. The number of carbonyl (C=O) groups excluding carboxylic acids is 1. The fourth-order valence-electron chi connectivity index (χ4n) is 1.36. The zero-order valence-corrected chi connectivity index (χ0v) is 10.5. The summed E-state index contributed by atoms with van der Waals surface area (Å²) in [4.78, 5) is 11.5. The molecule has 0 aromatic heterocycles. The van der Waals surface area contributed by atoms with Gasteiger partial charge in [0.2, 0.25) is 5.91 Å². The van der Waals surface area contributed by atoms with Crippen molar-refractivity contribution in [2.45, 2.75) is 13.3 Å². The summed E-state index contributed by atoms with van der Waals surface area (Å²) in [6, 6.07) is 3.78. The van der Waals surface area contributed by atoms with Gasteiger partial charge in [0.1, 0.15) is 12.4 Å². The molecule has 0 heterocycles. The van der Waals surface area contributed by atoms with Crippen molar-refractivity contribution in [3.05, 3.63) is 29.6 Å². The van der Waals surface area contributed by atoms with Crippen molar-refractivity contribution in [3.63, 3.8) is 0 Å². The van der Waals surface area contributed by atoms with Crippen LogP contribution in [-0.4, -0.2) is 30.2 Å². The van der Waals surface area contributed by atoms with Gasteiger partial charge in [-0.2, -0.15) is 0 Å². The van der Waals surface area contributed by atoms with E-state index in [0.717, 1.165) is 12.5 Å². The van der Waals surface area contributed by atoms with E-state index in [-0.39, 0.29) is 23.9 Å². The number of halogens is 1. The van der Waals surface area contributed by atoms with Crippen molar-refractivity contribution < 1.29 is 19.1 Å². The van der Waals surface area contributed by atoms with E-state index in [1.165, 1.54) is 12.1 Å². The monoisotopic (exact) mass is 269 g/mol. The van der Waals surface area contributed by atoms with Crippen molar-refractivity contribution >= 4 is 17.4 Å². The van der Waals surface area contributed by atoms with Crippen molar-refractivity contribution in [1.82, 2.24) is 0 Å². The van der Waals surface area contributed by atoms with Gasteiger partial charge in [-0.05, 0) is 24.6 Å². The van der Waals surface area contributed by atoms with Gasteiger partial charge >= 0.3 is 0 Å². The fraction of sp³-hybridized carbons (Fsp3) is 0.333. The molecule has 0 saturated heterocycles. The van der Waals surface area contributed by atoms with Gasteiger partial charge in [0.15, 0.2) is 5.84 Å². The van der Waals surface area contributed by atoms with Crippen LogP contribution < -0.4 is 11.1 Å². The third-order valence-electron chi connectivity index (χ3n) is 2.22. The summed E-state index contributed by atoms with van der Waals surface area (Å²) >= 11 is 0. The lowest BCUT2D eigenvalue weighted by Crippen LogP contribution is -2.20. The maximum absolute atomic E-state index is 13.4. The predicted molar refractivity (Wildman–Crippen MR) is 68.7 cm³/mol. The zero-order chi connectivity index (χ0) is 14.3. The van der Waals surface area contributed by atoms with Gasteiger partial charge in [-0.1, -0.05) is 12.1 Å². The molecule has 7 heteroatoms. The molecule has 0 radical (unpaired) electrons. The number of hydrogen-bond acceptors (Lipinski definition) is 4. The number of ether oxygens (including phenoxy) is 1. The SMILES string of the molecule is CCCOCC(=O)Nc1ccc(F)c(/C(N)=N/O)c1. The standard InChI is InChI=1S/C12H16FN3O3/c1-2-5-19-7-11(17)15-8-3-4-10(13)9(6-8)12(14)16-18/h3-4,6,18H,2,5,7H2,1H3,(H2,14,16)(H,15,17). The van der Waals surface area contributed by atoms with Crippen LogP contribution in [0.5, 0.6) is 0 Å². The molecule has 1 rings (SSSR count). The van der Waals surface area contributed by atoms with Crippen molar-refractivity contribution in [1.29, 1.82) is 0 Å².